The number of hydrogen-bond donors (Lipinski definition) is 1. The topological polar surface area (TPSA) is 75.2 Å². The fourth-order valence-electron chi connectivity index (χ4n) is 3.03. The van der Waals surface area contributed by atoms with Crippen molar-refractivity contribution in [2.24, 2.45) is 11.8 Å². The molecule has 6 heteroatoms. The molecule has 2 aliphatic rings. The van der Waals surface area contributed by atoms with Crippen molar-refractivity contribution in [3.05, 3.63) is 24.0 Å². The molecule has 1 aromatic rings. The second-order valence-corrected chi connectivity index (χ2v) is 6.24. The summed E-state index contributed by atoms with van der Waals surface area (Å²) in [6.07, 6.45) is 8.24. The maximum atomic E-state index is 12.2. The Kier molecular flexibility index (Phi) is 4.65. The molecular weight excluding hydrogens is 280 g/mol. The van der Waals surface area contributed by atoms with E-state index in [1.807, 2.05) is 4.90 Å². The summed E-state index contributed by atoms with van der Waals surface area (Å²) in [6.45, 7) is 2.31. The Balaban J connectivity index is 1.40. The lowest BCUT2D eigenvalue weighted by molar-refractivity contribution is -0.139. The number of nitrogens with zero attached hydrogens (tertiary/aromatic N) is 3. The lowest BCUT2D eigenvalue weighted by Crippen LogP contribution is -2.45. The third kappa shape index (κ3) is 3.43. The van der Waals surface area contributed by atoms with Gasteiger partial charge in [0.25, 0.3) is 5.91 Å². The minimum atomic E-state index is -0.108. The number of hydrogen-bond acceptors (Lipinski definition) is 4. The number of amides is 2. The second-order valence-electron chi connectivity index (χ2n) is 6.24. The van der Waals surface area contributed by atoms with Gasteiger partial charge in [-0.25, -0.2) is 0 Å². The monoisotopic (exact) mass is 302 g/mol. The highest BCUT2D eigenvalue weighted by atomic mass is 16.2. The highest BCUT2D eigenvalue weighted by molar-refractivity contribution is 5.93. The second kappa shape index (κ2) is 6.85. The molecule has 1 saturated heterocycles. The minimum Gasteiger partial charge on any atom is -0.352 e. The Hall–Kier alpha value is -1.98. The number of aromatic nitrogens is 2. The fourth-order valence-corrected chi connectivity index (χ4v) is 3.03. The van der Waals surface area contributed by atoms with Crippen LogP contribution in [0.2, 0.25) is 0 Å². The van der Waals surface area contributed by atoms with Crippen LogP contribution in [-0.2, 0) is 4.79 Å². The van der Waals surface area contributed by atoms with Crippen molar-refractivity contribution in [2.45, 2.75) is 32.1 Å². The van der Waals surface area contributed by atoms with Crippen LogP contribution in [0.4, 0.5) is 0 Å². The van der Waals surface area contributed by atoms with Gasteiger partial charge in [-0.3, -0.25) is 9.59 Å². The molecule has 2 amide bonds. The van der Waals surface area contributed by atoms with E-state index in [0.29, 0.717) is 23.9 Å². The number of piperidine rings is 1. The molecule has 0 unspecified atom stereocenters. The molecule has 3 rings (SSSR count). The lowest BCUT2D eigenvalue weighted by Gasteiger charge is -2.36. The zero-order valence-electron chi connectivity index (χ0n) is 12.7. The summed E-state index contributed by atoms with van der Waals surface area (Å²) in [7, 11) is 0. The molecular formula is C16H22N4O2. The van der Waals surface area contributed by atoms with E-state index in [4.69, 9.17) is 0 Å². The molecule has 1 saturated carbocycles. The van der Waals surface area contributed by atoms with Crippen LogP contribution >= 0.6 is 0 Å². The van der Waals surface area contributed by atoms with Gasteiger partial charge in [-0.1, -0.05) is 6.42 Å². The van der Waals surface area contributed by atoms with E-state index < -0.39 is 0 Å². The molecule has 0 atom stereocenters. The third-order valence-corrected chi connectivity index (χ3v) is 4.78. The van der Waals surface area contributed by atoms with E-state index in [-0.39, 0.29) is 11.8 Å². The summed E-state index contributed by atoms with van der Waals surface area (Å²) in [5.74, 6) is 0.971. The van der Waals surface area contributed by atoms with Crippen LogP contribution in [0.1, 0.15) is 42.5 Å². The first-order chi connectivity index (χ1) is 10.7. The normalized spacial score (nSPS) is 19.5. The summed E-state index contributed by atoms with van der Waals surface area (Å²) in [5, 5.41) is 10.3. The van der Waals surface area contributed by atoms with Gasteiger partial charge in [-0.15, -0.1) is 0 Å². The molecule has 118 valence electrons. The smallest absolute Gasteiger partial charge is 0.252 e. The van der Waals surface area contributed by atoms with Crippen LogP contribution in [0.15, 0.2) is 18.5 Å². The Bertz CT molecular complexity index is 522. The highest BCUT2D eigenvalue weighted by Crippen LogP contribution is 2.29. The molecule has 6 nitrogen and oxygen atoms in total. The molecule has 1 N–H and O–H groups in total. The zero-order chi connectivity index (χ0) is 15.4. The van der Waals surface area contributed by atoms with E-state index in [2.05, 4.69) is 15.5 Å². The number of carbonyl (C=O) groups is 2. The van der Waals surface area contributed by atoms with Crippen molar-refractivity contribution in [3.63, 3.8) is 0 Å². The van der Waals surface area contributed by atoms with Gasteiger partial charge in [0.1, 0.15) is 0 Å². The summed E-state index contributed by atoms with van der Waals surface area (Å²) in [5.41, 5.74) is 0.535. The van der Waals surface area contributed by atoms with E-state index in [0.717, 1.165) is 38.8 Å². The van der Waals surface area contributed by atoms with Crippen LogP contribution in [0.3, 0.4) is 0 Å². The van der Waals surface area contributed by atoms with Crippen molar-refractivity contribution in [3.8, 4) is 0 Å². The zero-order valence-corrected chi connectivity index (χ0v) is 12.7. The Labute approximate surface area is 130 Å². The first-order valence-electron chi connectivity index (χ1n) is 8.07. The van der Waals surface area contributed by atoms with E-state index in [1.165, 1.54) is 18.8 Å². The van der Waals surface area contributed by atoms with Crippen molar-refractivity contribution >= 4 is 11.8 Å². The standard InChI is InChI=1S/C16H22N4O2/c21-15(14-4-7-18-19-11-14)17-10-12-5-8-20(9-6-12)16(22)13-2-1-3-13/h4,7,11-13H,1-3,5-6,8-10H2,(H,17,21). The summed E-state index contributed by atoms with van der Waals surface area (Å²) in [6, 6.07) is 1.65. The van der Waals surface area contributed by atoms with Gasteiger partial charge in [-0.05, 0) is 37.7 Å². The van der Waals surface area contributed by atoms with Crippen LogP contribution in [0.25, 0.3) is 0 Å². The summed E-state index contributed by atoms with van der Waals surface area (Å²) >= 11 is 0. The third-order valence-electron chi connectivity index (χ3n) is 4.78. The minimum absolute atomic E-state index is 0.108. The van der Waals surface area contributed by atoms with Crippen molar-refractivity contribution < 1.29 is 9.59 Å². The van der Waals surface area contributed by atoms with Crippen molar-refractivity contribution in [1.82, 2.24) is 20.4 Å². The first kappa shape index (κ1) is 14.9. The molecule has 1 aromatic heterocycles. The van der Waals surface area contributed by atoms with Gasteiger partial charge in [0.15, 0.2) is 0 Å². The van der Waals surface area contributed by atoms with Gasteiger partial charge >= 0.3 is 0 Å². The molecule has 22 heavy (non-hydrogen) atoms. The van der Waals surface area contributed by atoms with Gasteiger partial charge in [0.05, 0.1) is 18.0 Å². The molecule has 0 aromatic carbocycles. The first-order valence-corrected chi connectivity index (χ1v) is 8.07. The van der Waals surface area contributed by atoms with E-state index in [9.17, 15) is 9.59 Å². The van der Waals surface area contributed by atoms with Crippen molar-refractivity contribution in [2.75, 3.05) is 19.6 Å². The predicted molar refractivity (Wildman–Crippen MR) is 81.0 cm³/mol. The van der Waals surface area contributed by atoms with Crippen LogP contribution in [-0.4, -0.2) is 46.5 Å². The number of rotatable bonds is 4. The Morgan fingerprint density at radius 2 is 1.95 bits per heavy atom. The SMILES string of the molecule is O=C(NCC1CCN(C(=O)C2CCC2)CC1)c1ccnnc1. The highest BCUT2D eigenvalue weighted by Gasteiger charge is 2.31. The molecule has 2 fully saturated rings. The number of carbonyl (C=O) groups excluding carboxylic acids is 2. The Morgan fingerprint density at radius 3 is 2.55 bits per heavy atom. The molecule has 2 heterocycles. The van der Waals surface area contributed by atoms with Crippen LogP contribution < -0.4 is 5.32 Å². The van der Waals surface area contributed by atoms with Crippen LogP contribution in [0.5, 0.6) is 0 Å². The van der Waals surface area contributed by atoms with Gasteiger partial charge in [0.2, 0.25) is 5.91 Å². The van der Waals surface area contributed by atoms with Crippen molar-refractivity contribution in [1.29, 1.82) is 0 Å². The maximum absolute atomic E-state index is 12.2. The number of likely N-dealkylation sites (tertiary alicyclic amines) is 1. The van der Waals surface area contributed by atoms with Crippen LogP contribution in [0, 0.1) is 11.8 Å². The molecule has 1 aliphatic carbocycles. The fraction of sp³-hybridized carbons (Fsp3) is 0.625. The summed E-state index contributed by atoms with van der Waals surface area (Å²) < 4.78 is 0. The van der Waals surface area contributed by atoms with E-state index in [1.54, 1.807) is 6.07 Å². The average molecular weight is 302 g/mol. The number of nitrogens with one attached hydrogen (secondary N) is 1. The predicted octanol–water partition coefficient (Wildman–Crippen LogP) is 1.25. The van der Waals surface area contributed by atoms with Gasteiger partial charge < -0.3 is 10.2 Å². The lowest BCUT2D eigenvalue weighted by atomic mass is 9.83. The van der Waals surface area contributed by atoms with E-state index >= 15 is 0 Å². The van der Waals surface area contributed by atoms with Gasteiger partial charge in [0, 0.05) is 25.6 Å². The quantitative estimate of drug-likeness (QED) is 0.908. The average Bonchev–Trinajstić information content (AvgIpc) is 2.52. The van der Waals surface area contributed by atoms with Gasteiger partial charge in [-0.2, -0.15) is 10.2 Å². The molecule has 1 aliphatic heterocycles. The molecule has 0 bridgehead atoms. The largest absolute Gasteiger partial charge is 0.352 e. The summed E-state index contributed by atoms with van der Waals surface area (Å²) in [4.78, 5) is 26.1. The Morgan fingerprint density at radius 1 is 1.18 bits per heavy atom. The molecule has 0 radical (unpaired) electrons. The molecule has 0 spiro atoms. The maximum Gasteiger partial charge on any atom is 0.252 e.